The van der Waals surface area contributed by atoms with Crippen LogP contribution in [0.1, 0.15) is 11.1 Å². The van der Waals surface area contributed by atoms with Crippen molar-refractivity contribution < 1.29 is 0 Å². The summed E-state index contributed by atoms with van der Waals surface area (Å²) in [7, 11) is 0. The second-order valence-corrected chi connectivity index (χ2v) is 5.24. The normalized spacial score (nSPS) is 10.6. The highest BCUT2D eigenvalue weighted by Crippen LogP contribution is 2.26. The fourth-order valence-electron chi connectivity index (χ4n) is 1.92. The molecule has 96 valence electrons. The largest absolute Gasteiger partial charge is 0.379 e. The van der Waals surface area contributed by atoms with Crippen LogP contribution in [-0.4, -0.2) is 15.2 Å². The number of aromatic amines is 1. The van der Waals surface area contributed by atoms with Gasteiger partial charge in [-0.1, -0.05) is 6.07 Å². The molecule has 3 aromatic heterocycles. The van der Waals surface area contributed by atoms with E-state index >= 15 is 0 Å². The molecule has 4 nitrogen and oxygen atoms in total. The first-order valence-corrected chi connectivity index (χ1v) is 6.93. The molecule has 2 N–H and O–H groups in total. The third-order valence-electron chi connectivity index (χ3n) is 2.99. The summed E-state index contributed by atoms with van der Waals surface area (Å²) in [6, 6.07) is 6.14. The van der Waals surface area contributed by atoms with Crippen LogP contribution < -0.4 is 5.32 Å². The number of nitrogens with zero attached hydrogens (tertiary/aromatic N) is 2. The molecule has 0 saturated carbocycles. The Balaban J connectivity index is 1.78. The molecule has 0 aliphatic carbocycles. The van der Waals surface area contributed by atoms with Crippen LogP contribution in [-0.2, 0) is 6.54 Å². The van der Waals surface area contributed by atoms with Crippen LogP contribution in [0, 0.1) is 6.92 Å². The van der Waals surface area contributed by atoms with Crippen molar-refractivity contribution in [1.82, 2.24) is 15.2 Å². The number of aryl methyl sites for hydroxylation is 1. The Morgan fingerprint density at radius 3 is 3.05 bits per heavy atom. The second kappa shape index (κ2) is 5.24. The molecule has 5 heteroatoms. The standard InChI is InChI=1S/C14H14N4S/c1-10-4-5-15-9-12(10)16-7-11-8-17-18-14(11)13-3-2-6-19-13/h2-6,8-9,16H,7H2,1H3,(H,17,18). The quantitative estimate of drug-likeness (QED) is 0.763. The summed E-state index contributed by atoms with van der Waals surface area (Å²) in [4.78, 5) is 5.34. The predicted molar refractivity (Wildman–Crippen MR) is 78.2 cm³/mol. The van der Waals surface area contributed by atoms with Crippen LogP contribution in [0.25, 0.3) is 10.6 Å². The molecular weight excluding hydrogens is 256 g/mol. The Morgan fingerprint density at radius 1 is 1.32 bits per heavy atom. The maximum Gasteiger partial charge on any atom is 0.0799 e. The minimum Gasteiger partial charge on any atom is -0.379 e. The third kappa shape index (κ3) is 2.51. The van der Waals surface area contributed by atoms with Gasteiger partial charge in [0.2, 0.25) is 0 Å². The number of thiophene rings is 1. The average Bonchev–Trinajstić information content (AvgIpc) is 3.08. The fourth-order valence-corrected chi connectivity index (χ4v) is 2.67. The summed E-state index contributed by atoms with van der Waals surface area (Å²) in [5.41, 5.74) is 4.49. The number of rotatable bonds is 4. The van der Waals surface area contributed by atoms with E-state index in [1.165, 1.54) is 10.4 Å². The lowest BCUT2D eigenvalue weighted by Crippen LogP contribution is -2.01. The lowest BCUT2D eigenvalue weighted by Gasteiger charge is -2.08. The number of nitrogens with one attached hydrogen (secondary N) is 2. The molecule has 0 aromatic carbocycles. The molecule has 0 saturated heterocycles. The summed E-state index contributed by atoms with van der Waals surface area (Å²) in [6.45, 7) is 2.80. The van der Waals surface area contributed by atoms with Crippen molar-refractivity contribution in [2.24, 2.45) is 0 Å². The zero-order chi connectivity index (χ0) is 13.1. The Kier molecular flexibility index (Phi) is 3.29. The van der Waals surface area contributed by atoms with E-state index in [9.17, 15) is 0 Å². The molecule has 3 heterocycles. The molecule has 0 atom stereocenters. The summed E-state index contributed by atoms with van der Waals surface area (Å²) >= 11 is 1.71. The third-order valence-corrected chi connectivity index (χ3v) is 3.88. The van der Waals surface area contributed by atoms with E-state index in [4.69, 9.17) is 0 Å². The number of anilines is 1. The number of hydrogen-bond donors (Lipinski definition) is 2. The zero-order valence-corrected chi connectivity index (χ0v) is 11.4. The smallest absolute Gasteiger partial charge is 0.0799 e. The number of hydrogen-bond acceptors (Lipinski definition) is 4. The first kappa shape index (κ1) is 11.9. The van der Waals surface area contributed by atoms with Crippen molar-refractivity contribution in [1.29, 1.82) is 0 Å². The van der Waals surface area contributed by atoms with Crippen molar-refractivity contribution in [3.63, 3.8) is 0 Å². The molecule has 3 rings (SSSR count). The van der Waals surface area contributed by atoms with Crippen LogP contribution in [0.5, 0.6) is 0 Å². The topological polar surface area (TPSA) is 53.6 Å². The maximum absolute atomic E-state index is 4.14. The molecule has 0 aliphatic heterocycles. The van der Waals surface area contributed by atoms with Gasteiger partial charge in [0.05, 0.1) is 28.7 Å². The van der Waals surface area contributed by atoms with Crippen molar-refractivity contribution in [2.75, 3.05) is 5.32 Å². The van der Waals surface area contributed by atoms with Crippen molar-refractivity contribution in [3.8, 4) is 10.6 Å². The molecule has 0 amide bonds. The van der Waals surface area contributed by atoms with Gasteiger partial charge >= 0.3 is 0 Å². The molecule has 0 bridgehead atoms. The fraction of sp³-hybridized carbons (Fsp3) is 0.143. The Hall–Kier alpha value is -2.14. The van der Waals surface area contributed by atoms with Gasteiger partial charge in [0, 0.05) is 18.3 Å². The number of aromatic nitrogens is 3. The van der Waals surface area contributed by atoms with Crippen molar-refractivity contribution >= 4 is 17.0 Å². The van der Waals surface area contributed by atoms with E-state index in [0.29, 0.717) is 0 Å². The minimum absolute atomic E-state index is 0.732. The van der Waals surface area contributed by atoms with Gasteiger partial charge in [-0.15, -0.1) is 11.3 Å². The average molecular weight is 270 g/mol. The van der Waals surface area contributed by atoms with E-state index in [1.54, 1.807) is 17.5 Å². The van der Waals surface area contributed by atoms with Crippen molar-refractivity contribution in [2.45, 2.75) is 13.5 Å². The van der Waals surface area contributed by atoms with E-state index in [1.807, 2.05) is 24.5 Å². The van der Waals surface area contributed by atoms with Crippen LogP contribution in [0.3, 0.4) is 0 Å². The van der Waals surface area contributed by atoms with Gasteiger partial charge in [-0.3, -0.25) is 10.1 Å². The highest BCUT2D eigenvalue weighted by molar-refractivity contribution is 7.13. The first-order chi connectivity index (χ1) is 9.34. The van der Waals surface area contributed by atoms with Gasteiger partial charge < -0.3 is 5.32 Å². The summed E-state index contributed by atoms with van der Waals surface area (Å²) in [5.74, 6) is 0. The Labute approximate surface area is 115 Å². The molecule has 19 heavy (non-hydrogen) atoms. The van der Waals surface area contributed by atoms with E-state index in [0.717, 1.165) is 23.5 Å². The van der Waals surface area contributed by atoms with Crippen LogP contribution in [0.2, 0.25) is 0 Å². The molecule has 0 fully saturated rings. The van der Waals surface area contributed by atoms with Gasteiger partial charge in [-0.05, 0) is 30.0 Å². The first-order valence-electron chi connectivity index (χ1n) is 6.05. The lowest BCUT2D eigenvalue weighted by atomic mass is 10.2. The summed E-state index contributed by atoms with van der Waals surface area (Å²) in [6.07, 6.45) is 5.52. The number of H-pyrrole nitrogens is 1. The number of pyridine rings is 1. The van der Waals surface area contributed by atoms with Gasteiger partial charge in [-0.2, -0.15) is 5.10 Å². The van der Waals surface area contributed by atoms with Gasteiger partial charge in [0.15, 0.2) is 0 Å². The van der Waals surface area contributed by atoms with Gasteiger partial charge in [0.25, 0.3) is 0 Å². The lowest BCUT2D eigenvalue weighted by molar-refractivity contribution is 1.10. The summed E-state index contributed by atoms with van der Waals surface area (Å²) < 4.78 is 0. The van der Waals surface area contributed by atoms with Crippen LogP contribution in [0.15, 0.2) is 42.2 Å². The molecule has 0 radical (unpaired) electrons. The molecule has 0 spiro atoms. The van der Waals surface area contributed by atoms with Crippen LogP contribution >= 0.6 is 11.3 Å². The van der Waals surface area contributed by atoms with Crippen LogP contribution in [0.4, 0.5) is 5.69 Å². The molecular formula is C14H14N4S. The van der Waals surface area contributed by atoms with Crippen molar-refractivity contribution in [3.05, 3.63) is 53.3 Å². The molecule has 3 aromatic rings. The summed E-state index contributed by atoms with van der Waals surface area (Å²) in [5, 5.41) is 12.7. The highest BCUT2D eigenvalue weighted by Gasteiger charge is 2.08. The monoisotopic (exact) mass is 270 g/mol. The molecule has 0 unspecified atom stereocenters. The second-order valence-electron chi connectivity index (χ2n) is 4.29. The SMILES string of the molecule is Cc1ccncc1NCc1cn[nH]c1-c1cccs1. The minimum atomic E-state index is 0.732. The highest BCUT2D eigenvalue weighted by atomic mass is 32.1. The molecule has 0 aliphatic rings. The van der Waals surface area contributed by atoms with E-state index < -0.39 is 0 Å². The van der Waals surface area contributed by atoms with E-state index in [-0.39, 0.29) is 0 Å². The van der Waals surface area contributed by atoms with E-state index in [2.05, 4.69) is 38.9 Å². The Morgan fingerprint density at radius 2 is 2.26 bits per heavy atom. The Bertz CT molecular complexity index is 658. The predicted octanol–water partition coefficient (Wildman–Crippen LogP) is 3.45. The zero-order valence-electron chi connectivity index (χ0n) is 10.6. The van der Waals surface area contributed by atoms with Gasteiger partial charge in [0.1, 0.15) is 0 Å². The van der Waals surface area contributed by atoms with Gasteiger partial charge in [-0.25, -0.2) is 0 Å². The maximum atomic E-state index is 4.14.